The molecule has 0 aromatic heterocycles. The number of rotatable bonds is 3. The minimum Gasteiger partial charge on any atom is -0.329 e. The molecule has 2 N–H and O–H groups in total. The van der Waals surface area contributed by atoms with E-state index in [1.54, 1.807) is 0 Å². The van der Waals surface area contributed by atoms with Gasteiger partial charge in [0.1, 0.15) is 0 Å². The topological polar surface area (TPSA) is 29.3 Å². The van der Waals surface area contributed by atoms with Gasteiger partial charge in [-0.05, 0) is 30.9 Å². The maximum absolute atomic E-state index is 5.90. The van der Waals surface area contributed by atoms with Gasteiger partial charge in [-0.3, -0.25) is 4.90 Å². The van der Waals surface area contributed by atoms with Crippen LogP contribution in [0.3, 0.4) is 0 Å². The molecular weight excluding hydrogens is 196 g/mol. The average molecular weight is 218 g/mol. The molecule has 16 heavy (non-hydrogen) atoms. The second-order valence-electron chi connectivity index (χ2n) is 4.88. The van der Waals surface area contributed by atoms with Crippen LogP contribution in [0.2, 0.25) is 0 Å². The Hall–Kier alpha value is -0.860. The zero-order chi connectivity index (χ0) is 11.4. The maximum atomic E-state index is 5.90. The molecule has 1 fully saturated rings. The number of nitrogens with two attached hydrogens (primary N) is 1. The Kier molecular flexibility index (Phi) is 3.97. The summed E-state index contributed by atoms with van der Waals surface area (Å²) in [7, 11) is 0. The summed E-state index contributed by atoms with van der Waals surface area (Å²) in [6, 6.07) is 11.3. The summed E-state index contributed by atoms with van der Waals surface area (Å²) < 4.78 is 0. The lowest BCUT2D eigenvalue weighted by Crippen LogP contribution is -2.47. The highest BCUT2D eigenvalue weighted by molar-refractivity contribution is 5.14. The first-order valence-corrected chi connectivity index (χ1v) is 6.29. The van der Waals surface area contributed by atoms with Crippen molar-refractivity contribution >= 4 is 0 Å². The van der Waals surface area contributed by atoms with E-state index >= 15 is 0 Å². The Morgan fingerprint density at radius 1 is 1.31 bits per heavy atom. The van der Waals surface area contributed by atoms with Crippen molar-refractivity contribution in [2.24, 2.45) is 11.7 Å². The van der Waals surface area contributed by atoms with Crippen molar-refractivity contribution in [3.05, 3.63) is 35.9 Å². The number of nitrogens with zero attached hydrogens (tertiary/aromatic N) is 1. The van der Waals surface area contributed by atoms with Crippen LogP contribution in [-0.4, -0.2) is 24.0 Å². The van der Waals surface area contributed by atoms with Crippen LogP contribution < -0.4 is 5.73 Å². The van der Waals surface area contributed by atoms with Crippen LogP contribution in [0.25, 0.3) is 0 Å². The second kappa shape index (κ2) is 5.46. The summed E-state index contributed by atoms with van der Waals surface area (Å²) in [6.45, 7) is 5.36. The number of hydrogen-bond donors (Lipinski definition) is 1. The Balaban J connectivity index is 2.02. The molecule has 2 nitrogen and oxygen atoms in total. The van der Waals surface area contributed by atoms with E-state index in [-0.39, 0.29) is 0 Å². The van der Waals surface area contributed by atoms with Crippen LogP contribution in [0.5, 0.6) is 0 Å². The van der Waals surface area contributed by atoms with Gasteiger partial charge in [0, 0.05) is 19.1 Å². The fourth-order valence-electron chi connectivity index (χ4n) is 2.73. The first kappa shape index (κ1) is 11.6. The van der Waals surface area contributed by atoms with Gasteiger partial charge in [-0.2, -0.15) is 0 Å². The van der Waals surface area contributed by atoms with Gasteiger partial charge in [0.25, 0.3) is 0 Å². The van der Waals surface area contributed by atoms with Crippen LogP contribution in [0.1, 0.15) is 25.3 Å². The SMILES string of the molecule is CC1CCCN(Cc2ccccc2)C1CN. The van der Waals surface area contributed by atoms with Crippen LogP contribution in [0, 0.1) is 5.92 Å². The summed E-state index contributed by atoms with van der Waals surface area (Å²) in [5, 5.41) is 0. The Morgan fingerprint density at radius 2 is 2.06 bits per heavy atom. The third kappa shape index (κ3) is 2.63. The van der Waals surface area contributed by atoms with Gasteiger partial charge >= 0.3 is 0 Å². The monoisotopic (exact) mass is 218 g/mol. The molecule has 88 valence electrons. The number of benzene rings is 1. The van der Waals surface area contributed by atoms with Crippen LogP contribution in [-0.2, 0) is 6.54 Å². The predicted molar refractivity (Wildman–Crippen MR) is 68.1 cm³/mol. The first-order valence-electron chi connectivity index (χ1n) is 6.29. The molecule has 0 radical (unpaired) electrons. The van der Waals surface area contributed by atoms with E-state index in [2.05, 4.69) is 42.2 Å². The molecule has 1 aromatic carbocycles. The fourth-order valence-corrected chi connectivity index (χ4v) is 2.73. The minimum absolute atomic E-state index is 0.564. The Labute approximate surface area is 98.4 Å². The van der Waals surface area contributed by atoms with E-state index in [0.717, 1.165) is 19.0 Å². The highest BCUT2D eigenvalue weighted by Gasteiger charge is 2.26. The first-order chi connectivity index (χ1) is 7.81. The van der Waals surface area contributed by atoms with E-state index in [4.69, 9.17) is 5.73 Å². The number of hydrogen-bond acceptors (Lipinski definition) is 2. The van der Waals surface area contributed by atoms with E-state index in [9.17, 15) is 0 Å². The lowest BCUT2D eigenvalue weighted by Gasteiger charge is -2.39. The van der Waals surface area contributed by atoms with Gasteiger partial charge < -0.3 is 5.73 Å². The van der Waals surface area contributed by atoms with Crippen LogP contribution in [0.15, 0.2) is 30.3 Å². The van der Waals surface area contributed by atoms with Crippen molar-refractivity contribution in [1.29, 1.82) is 0 Å². The molecule has 2 atom stereocenters. The normalized spacial score (nSPS) is 26.9. The second-order valence-corrected chi connectivity index (χ2v) is 4.88. The Morgan fingerprint density at radius 3 is 2.75 bits per heavy atom. The predicted octanol–water partition coefficient (Wildman–Crippen LogP) is 2.25. The zero-order valence-corrected chi connectivity index (χ0v) is 10.1. The fraction of sp³-hybridized carbons (Fsp3) is 0.571. The van der Waals surface area contributed by atoms with E-state index in [0.29, 0.717) is 6.04 Å². The average Bonchev–Trinajstić information content (AvgIpc) is 2.31. The maximum Gasteiger partial charge on any atom is 0.0247 e. The van der Waals surface area contributed by atoms with Crippen molar-refractivity contribution in [1.82, 2.24) is 4.90 Å². The molecule has 2 rings (SSSR count). The van der Waals surface area contributed by atoms with Gasteiger partial charge in [-0.25, -0.2) is 0 Å². The quantitative estimate of drug-likeness (QED) is 0.843. The van der Waals surface area contributed by atoms with E-state index in [1.165, 1.54) is 24.9 Å². The van der Waals surface area contributed by atoms with Crippen molar-refractivity contribution in [3.63, 3.8) is 0 Å². The van der Waals surface area contributed by atoms with Crippen molar-refractivity contribution < 1.29 is 0 Å². The van der Waals surface area contributed by atoms with Crippen molar-refractivity contribution in [3.8, 4) is 0 Å². The standard InChI is InChI=1S/C14H22N2/c1-12-6-5-9-16(14(12)10-15)11-13-7-3-2-4-8-13/h2-4,7-8,12,14H,5-6,9-11,15H2,1H3. The highest BCUT2D eigenvalue weighted by atomic mass is 15.2. The van der Waals surface area contributed by atoms with Crippen molar-refractivity contribution in [2.75, 3.05) is 13.1 Å². The van der Waals surface area contributed by atoms with Gasteiger partial charge in [-0.1, -0.05) is 37.3 Å². The van der Waals surface area contributed by atoms with Gasteiger partial charge in [0.2, 0.25) is 0 Å². The molecule has 1 heterocycles. The molecular formula is C14H22N2. The molecule has 2 unspecified atom stereocenters. The molecule has 0 bridgehead atoms. The zero-order valence-electron chi connectivity index (χ0n) is 10.1. The molecule has 0 saturated carbocycles. The summed E-state index contributed by atoms with van der Waals surface area (Å²) in [6.07, 6.45) is 2.64. The summed E-state index contributed by atoms with van der Waals surface area (Å²) >= 11 is 0. The smallest absolute Gasteiger partial charge is 0.0247 e. The Bertz CT molecular complexity index is 310. The lowest BCUT2D eigenvalue weighted by molar-refractivity contribution is 0.0991. The largest absolute Gasteiger partial charge is 0.329 e. The van der Waals surface area contributed by atoms with E-state index in [1.807, 2.05) is 0 Å². The molecule has 2 heteroatoms. The number of piperidine rings is 1. The third-order valence-corrected chi connectivity index (χ3v) is 3.70. The van der Waals surface area contributed by atoms with E-state index < -0.39 is 0 Å². The molecule has 0 amide bonds. The third-order valence-electron chi connectivity index (χ3n) is 3.70. The molecule has 1 aliphatic heterocycles. The van der Waals surface area contributed by atoms with Gasteiger partial charge in [0.05, 0.1) is 0 Å². The summed E-state index contributed by atoms with van der Waals surface area (Å²) in [5.74, 6) is 0.738. The minimum atomic E-state index is 0.564. The summed E-state index contributed by atoms with van der Waals surface area (Å²) in [4.78, 5) is 2.55. The van der Waals surface area contributed by atoms with Crippen molar-refractivity contribution in [2.45, 2.75) is 32.4 Å². The molecule has 1 saturated heterocycles. The summed E-state index contributed by atoms with van der Waals surface area (Å²) in [5.41, 5.74) is 7.29. The van der Waals surface area contributed by atoms with Gasteiger partial charge in [-0.15, -0.1) is 0 Å². The van der Waals surface area contributed by atoms with Crippen LogP contribution in [0.4, 0.5) is 0 Å². The highest BCUT2D eigenvalue weighted by Crippen LogP contribution is 2.24. The molecule has 0 aliphatic carbocycles. The molecule has 1 aromatic rings. The molecule has 1 aliphatic rings. The lowest BCUT2D eigenvalue weighted by atomic mass is 9.90. The van der Waals surface area contributed by atoms with Crippen LogP contribution >= 0.6 is 0 Å². The molecule has 0 spiro atoms. The van der Waals surface area contributed by atoms with Gasteiger partial charge in [0.15, 0.2) is 0 Å². The number of likely N-dealkylation sites (tertiary alicyclic amines) is 1.